The van der Waals surface area contributed by atoms with E-state index in [2.05, 4.69) is 14.9 Å². The molecule has 0 aliphatic rings. The average Bonchev–Trinajstić information content (AvgIpc) is 1.65. The Kier molecular flexibility index (Phi) is 2.31. The van der Waals surface area contributed by atoms with Crippen LogP contribution in [0.15, 0.2) is 12.1 Å². The molecule has 6 heavy (non-hydrogen) atoms. The molecule has 0 bridgehead atoms. The fraction of sp³-hybridized carbons (Fsp3) is 0. The van der Waals surface area contributed by atoms with E-state index < -0.39 is 0 Å². The van der Waals surface area contributed by atoms with Crippen molar-refractivity contribution in [1.29, 1.82) is 0 Å². The number of aliphatic hydroxyl groups is 1. The molecule has 3 N–H and O–H groups in total. The van der Waals surface area contributed by atoms with Crippen LogP contribution in [0.5, 0.6) is 0 Å². The summed E-state index contributed by atoms with van der Waals surface area (Å²) in [6, 6.07) is 0. The summed E-state index contributed by atoms with van der Waals surface area (Å²) in [7, 11) is 2.56. The van der Waals surface area contributed by atoms with E-state index in [-0.39, 0.29) is 5.88 Å². The average molecular weight is 102 g/mol. The highest BCUT2D eigenvalue weighted by molar-refractivity contribution is 5.98. The lowest BCUT2D eigenvalue weighted by Crippen LogP contribution is -1.98. The van der Waals surface area contributed by atoms with E-state index in [1.165, 1.54) is 0 Å². The lowest BCUT2D eigenvalue weighted by molar-refractivity contribution is 0.391. The molecule has 4 heteroatoms. The van der Waals surface area contributed by atoms with E-state index in [1.54, 1.807) is 0 Å². The molecular formula is C2H4NO2Si. The zero-order valence-corrected chi connectivity index (χ0v) is 4.01. The number of aliphatic hydroxyl groups excluding tert-OH is 1. The number of nitrogens with two attached hydrogens (primary N) is 1. The molecule has 0 spiro atoms. The lowest BCUT2D eigenvalue weighted by atomic mass is 10.9. The molecule has 0 saturated carbocycles. The molecule has 0 aromatic carbocycles. The number of hydrogen-bond donors (Lipinski definition) is 2. The van der Waals surface area contributed by atoms with Gasteiger partial charge in [0.25, 0.3) is 0 Å². The highest BCUT2D eigenvalue weighted by atomic mass is 28.2. The van der Waals surface area contributed by atoms with Gasteiger partial charge in [-0.15, -0.1) is 0 Å². The molecule has 3 nitrogen and oxygen atoms in total. The van der Waals surface area contributed by atoms with Crippen LogP contribution in [0.1, 0.15) is 0 Å². The van der Waals surface area contributed by atoms with E-state index in [4.69, 9.17) is 10.8 Å². The monoisotopic (exact) mass is 102 g/mol. The highest BCUT2D eigenvalue weighted by Crippen LogP contribution is 1.74. The van der Waals surface area contributed by atoms with Crippen molar-refractivity contribution in [3.63, 3.8) is 0 Å². The minimum Gasteiger partial charge on any atom is -0.527 e. The first-order valence-electron chi connectivity index (χ1n) is 1.24. The van der Waals surface area contributed by atoms with Crippen LogP contribution in [0.3, 0.4) is 0 Å². The Morgan fingerprint density at radius 1 is 2.00 bits per heavy atom. The first-order chi connectivity index (χ1) is 2.81. The van der Waals surface area contributed by atoms with Gasteiger partial charge in [0.2, 0.25) is 5.88 Å². The Morgan fingerprint density at radius 3 is 2.50 bits per heavy atom. The predicted octanol–water partition coefficient (Wildman–Crippen LogP) is -0.598. The van der Waals surface area contributed by atoms with Crippen LogP contribution < -0.4 is 5.73 Å². The smallest absolute Gasteiger partial charge is 0.343 e. The summed E-state index contributed by atoms with van der Waals surface area (Å²) < 4.78 is 4.09. The van der Waals surface area contributed by atoms with Crippen LogP contribution in [0.25, 0.3) is 0 Å². The molecule has 0 rings (SSSR count). The Morgan fingerprint density at radius 2 is 2.50 bits per heavy atom. The first kappa shape index (κ1) is 5.36. The van der Waals surface area contributed by atoms with Crippen molar-refractivity contribution in [3.8, 4) is 0 Å². The summed E-state index contributed by atoms with van der Waals surface area (Å²) in [5, 5.41) is 7.89. The van der Waals surface area contributed by atoms with Crippen molar-refractivity contribution >= 4 is 10.5 Å². The fourth-order valence-electron chi connectivity index (χ4n) is 0.0264. The zero-order valence-electron chi connectivity index (χ0n) is 3.01. The number of hydrogen-bond acceptors (Lipinski definition) is 3. The molecule has 0 unspecified atom stereocenters. The Bertz CT molecular complexity index is 62.6. The summed E-state index contributed by atoms with van der Waals surface area (Å²) in [6.45, 7) is 0. The van der Waals surface area contributed by atoms with E-state index in [9.17, 15) is 0 Å². The first-order valence-corrected chi connectivity index (χ1v) is 1.65. The largest absolute Gasteiger partial charge is 0.527 e. The summed E-state index contributed by atoms with van der Waals surface area (Å²) in [5.41, 5.74) is 4.81. The molecule has 0 aromatic rings. The minimum absolute atomic E-state index is 0.0633. The maximum Gasteiger partial charge on any atom is 0.343 e. The number of rotatable bonds is 1. The zero-order chi connectivity index (χ0) is 4.99. The van der Waals surface area contributed by atoms with Gasteiger partial charge in [-0.1, -0.05) is 0 Å². The van der Waals surface area contributed by atoms with Gasteiger partial charge in [-0.2, -0.15) is 0 Å². The molecular weight excluding hydrogens is 98.1 g/mol. The molecule has 0 amide bonds. The SMILES string of the molecule is N/C(=C\O)O[Si]. The molecule has 0 fully saturated rings. The van der Waals surface area contributed by atoms with E-state index in [0.29, 0.717) is 6.26 Å². The molecule has 0 heterocycles. The second-order valence-electron chi connectivity index (χ2n) is 0.634. The van der Waals surface area contributed by atoms with Crippen LogP contribution in [0.2, 0.25) is 0 Å². The van der Waals surface area contributed by atoms with Crippen molar-refractivity contribution in [2.75, 3.05) is 0 Å². The fourth-order valence-corrected chi connectivity index (χ4v) is 0.0791. The van der Waals surface area contributed by atoms with Crippen LogP contribution in [0, 0.1) is 0 Å². The van der Waals surface area contributed by atoms with Gasteiger partial charge in [0, 0.05) is 0 Å². The van der Waals surface area contributed by atoms with Gasteiger partial charge < -0.3 is 15.3 Å². The quantitative estimate of drug-likeness (QED) is 0.343. The van der Waals surface area contributed by atoms with Gasteiger partial charge in [-0.25, -0.2) is 0 Å². The minimum atomic E-state index is -0.0633. The van der Waals surface area contributed by atoms with Crippen molar-refractivity contribution in [2.45, 2.75) is 0 Å². The molecule has 0 aliphatic carbocycles. The third kappa shape index (κ3) is 1.65. The molecule has 0 aliphatic heterocycles. The topological polar surface area (TPSA) is 55.5 Å². The van der Waals surface area contributed by atoms with E-state index in [0.717, 1.165) is 0 Å². The Labute approximate surface area is 39.0 Å². The van der Waals surface area contributed by atoms with Gasteiger partial charge >= 0.3 is 10.5 Å². The second-order valence-corrected chi connectivity index (χ2v) is 0.838. The van der Waals surface area contributed by atoms with Gasteiger partial charge in [0.05, 0.1) is 0 Å². The van der Waals surface area contributed by atoms with Gasteiger partial charge in [0.15, 0.2) is 0 Å². The van der Waals surface area contributed by atoms with Crippen LogP contribution in [-0.4, -0.2) is 15.6 Å². The van der Waals surface area contributed by atoms with E-state index >= 15 is 0 Å². The molecule has 3 radical (unpaired) electrons. The van der Waals surface area contributed by atoms with Crippen LogP contribution in [0.4, 0.5) is 0 Å². The Hall–Kier alpha value is -0.643. The normalized spacial score (nSPS) is 11.2. The van der Waals surface area contributed by atoms with Crippen LogP contribution in [-0.2, 0) is 4.43 Å². The molecule has 0 atom stereocenters. The summed E-state index contributed by atoms with van der Waals surface area (Å²) >= 11 is 0. The van der Waals surface area contributed by atoms with Crippen LogP contribution >= 0.6 is 0 Å². The lowest BCUT2D eigenvalue weighted by Gasteiger charge is -1.90. The Balaban J connectivity index is 3.22. The maximum absolute atomic E-state index is 7.89. The second kappa shape index (κ2) is 2.59. The highest BCUT2D eigenvalue weighted by Gasteiger charge is 1.75. The third-order valence-electron chi connectivity index (χ3n) is 0.245. The molecule has 33 valence electrons. The summed E-state index contributed by atoms with van der Waals surface area (Å²) in [4.78, 5) is 0. The van der Waals surface area contributed by atoms with Gasteiger partial charge in [-0.3, -0.25) is 0 Å². The maximum atomic E-state index is 7.89. The van der Waals surface area contributed by atoms with E-state index in [1.807, 2.05) is 0 Å². The van der Waals surface area contributed by atoms with Crippen molar-refractivity contribution in [2.24, 2.45) is 5.73 Å². The van der Waals surface area contributed by atoms with Crippen molar-refractivity contribution in [3.05, 3.63) is 12.1 Å². The third-order valence-corrected chi connectivity index (χ3v) is 0.481. The molecule has 0 saturated heterocycles. The molecule has 0 aromatic heterocycles. The van der Waals surface area contributed by atoms with Gasteiger partial charge in [0.1, 0.15) is 6.26 Å². The summed E-state index contributed by atoms with van der Waals surface area (Å²) in [6.07, 6.45) is 0.646. The van der Waals surface area contributed by atoms with Crippen molar-refractivity contribution in [1.82, 2.24) is 0 Å². The van der Waals surface area contributed by atoms with Gasteiger partial charge in [-0.05, 0) is 0 Å². The van der Waals surface area contributed by atoms with Crippen molar-refractivity contribution < 1.29 is 9.53 Å². The predicted molar refractivity (Wildman–Crippen MR) is 21.7 cm³/mol. The summed E-state index contributed by atoms with van der Waals surface area (Å²) in [5.74, 6) is -0.0633. The standard InChI is InChI=1S/C2H4NO2Si/c3-2(1-4)5-6/h1,4H,3H2/b2-1+.